The summed E-state index contributed by atoms with van der Waals surface area (Å²) in [5, 5.41) is 3.75. The van der Waals surface area contributed by atoms with E-state index >= 15 is 0 Å². The maximum Gasteiger partial charge on any atom is 0.0569 e. The number of rotatable bonds is 3. The Labute approximate surface area is 104 Å². The number of nitrogens with one attached hydrogen (secondary N) is 1. The summed E-state index contributed by atoms with van der Waals surface area (Å²) in [6.07, 6.45) is 7.09. The molecule has 0 amide bonds. The third-order valence-corrected chi connectivity index (χ3v) is 5.72. The topological polar surface area (TPSA) is 24.5 Å². The summed E-state index contributed by atoms with van der Waals surface area (Å²) in [6, 6.07) is 0. The van der Waals surface area contributed by atoms with Gasteiger partial charge in [0.05, 0.1) is 13.2 Å². The highest BCUT2D eigenvalue weighted by molar-refractivity contribution is 5.21. The first-order valence-corrected chi connectivity index (χ1v) is 7.28. The first-order valence-electron chi connectivity index (χ1n) is 7.28. The first-order chi connectivity index (χ1) is 8.20. The Morgan fingerprint density at radius 3 is 2.53 bits per heavy atom. The summed E-state index contributed by atoms with van der Waals surface area (Å²) >= 11 is 0. The lowest BCUT2D eigenvalue weighted by atomic mass is 9.52. The van der Waals surface area contributed by atoms with Crippen molar-refractivity contribution in [2.24, 2.45) is 5.41 Å². The zero-order valence-corrected chi connectivity index (χ0v) is 10.9. The van der Waals surface area contributed by atoms with E-state index in [0.717, 1.165) is 19.8 Å². The molecule has 5 rings (SSSR count). The van der Waals surface area contributed by atoms with Crippen LogP contribution >= 0.6 is 0 Å². The van der Waals surface area contributed by atoms with Crippen molar-refractivity contribution in [3.05, 3.63) is 0 Å². The predicted octanol–water partition coefficient (Wildman–Crippen LogP) is 1.38. The van der Waals surface area contributed by atoms with Gasteiger partial charge in [-0.15, -0.1) is 0 Å². The molecule has 96 valence electrons. The Balaban J connectivity index is 1.42. The largest absolute Gasteiger partial charge is 0.380 e. The van der Waals surface area contributed by atoms with E-state index in [4.69, 9.17) is 4.74 Å². The highest BCUT2D eigenvalue weighted by atomic mass is 16.5. The van der Waals surface area contributed by atoms with Crippen molar-refractivity contribution < 1.29 is 4.74 Å². The molecule has 5 aliphatic rings. The molecule has 1 spiro atoms. The molecular formula is C14H24N2O. The van der Waals surface area contributed by atoms with Crippen LogP contribution in [0.25, 0.3) is 0 Å². The van der Waals surface area contributed by atoms with Gasteiger partial charge in [0.2, 0.25) is 0 Å². The Morgan fingerprint density at radius 2 is 1.94 bits per heavy atom. The molecular weight excluding hydrogens is 212 g/mol. The lowest BCUT2D eigenvalue weighted by Crippen LogP contribution is -2.79. The fourth-order valence-corrected chi connectivity index (χ4v) is 4.96. The van der Waals surface area contributed by atoms with Crippen LogP contribution in [0.15, 0.2) is 0 Å². The molecule has 1 N–H and O–H groups in total. The average Bonchev–Trinajstić information content (AvgIpc) is 2.12. The van der Waals surface area contributed by atoms with Crippen LogP contribution in [0.5, 0.6) is 0 Å². The number of hydrogen-bond donors (Lipinski definition) is 1. The number of fused-ring (bicyclic) bond motifs is 2. The Hall–Kier alpha value is -0.120. The summed E-state index contributed by atoms with van der Waals surface area (Å²) in [5.41, 5.74) is 1.69. The normalized spacial score (nSPS) is 47.1. The van der Waals surface area contributed by atoms with E-state index in [-0.39, 0.29) is 0 Å². The zero-order chi connectivity index (χ0) is 11.6. The molecule has 3 heteroatoms. The van der Waals surface area contributed by atoms with Crippen molar-refractivity contribution in [3.8, 4) is 0 Å². The van der Waals surface area contributed by atoms with E-state index in [2.05, 4.69) is 17.1 Å². The van der Waals surface area contributed by atoms with Crippen LogP contribution in [0.2, 0.25) is 0 Å². The highest BCUT2D eigenvalue weighted by Gasteiger charge is 2.64. The second-order valence-corrected chi connectivity index (χ2v) is 7.09. The van der Waals surface area contributed by atoms with Gasteiger partial charge >= 0.3 is 0 Å². The maximum atomic E-state index is 5.38. The standard InChI is InChI=1S/C14H24N2O/c1-2-15-13-4-3-5-14(6-13,7-13)16-8-12(9-16)10-17-11-12/h15H,2-11H2,1H3. The van der Waals surface area contributed by atoms with Crippen LogP contribution < -0.4 is 5.32 Å². The SMILES string of the molecule is CCNC12CCCC(N3CC4(COC4)C3)(C1)C2. The van der Waals surface area contributed by atoms with Gasteiger partial charge in [-0.25, -0.2) is 0 Å². The van der Waals surface area contributed by atoms with Crippen molar-refractivity contribution in [2.75, 3.05) is 32.8 Å². The van der Waals surface area contributed by atoms with E-state index in [1.165, 1.54) is 45.2 Å². The van der Waals surface area contributed by atoms with Gasteiger partial charge in [-0.1, -0.05) is 6.92 Å². The molecule has 2 heterocycles. The van der Waals surface area contributed by atoms with Gasteiger partial charge in [0, 0.05) is 29.6 Å². The number of nitrogens with zero attached hydrogens (tertiary/aromatic N) is 1. The van der Waals surface area contributed by atoms with E-state index < -0.39 is 0 Å². The molecule has 2 saturated heterocycles. The summed E-state index contributed by atoms with van der Waals surface area (Å²) < 4.78 is 5.38. The summed E-state index contributed by atoms with van der Waals surface area (Å²) in [4.78, 5) is 2.78. The van der Waals surface area contributed by atoms with Crippen molar-refractivity contribution in [2.45, 2.75) is 50.1 Å². The minimum absolute atomic E-state index is 0.520. The van der Waals surface area contributed by atoms with Crippen LogP contribution in [0.4, 0.5) is 0 Å². The Kier molecular flexibility index (Phi) is 2.06. The molecule has 3 saturated carbocycles. The predicted molar refractivity (Wildman–Crippen MR) is 67.0 cm³/mol. The van der Waals surface area contributed by atoms with Crippen molar-refractivity contribution >= 4 is 0 Å². The molecule has 0 aromatic heterocycles. The van der Waals surface area contributed by atoms with Gasteiger partial charge in [0.1, 0.15) is 0 Å². The first kappa shape index (κ1) is 10.8. The number of hydrogen-bond acceptors (Lipinski definition) is 3. The van der Waals surface area contributed by atoms with Crippen LogP contribution in [-0.4, -0.2) is 48.8 Å². The van der Waals surface area contributed by atoms with E-state index in [0.29, 0.717) is 16.5 Å². The smallest absolute Gasteiger partial charge is 0.0569 e. The van der Waals surface area contributed by atoms with Gasteiger partial charge in [0.25, 0.3) is 0 Å². The second-order valence-electron chi connectivity index (χ2n) is 7.09. The summed E-state index contributed by atoms with van der Waals surface area (Å²) in [7, 11) is 0. The van der Waals surface area contributed by atoms with Crippen molar-refractivity contribution in [3.63, 3.8) is 0 Å². The molecule has 2 bridgehead atoms. The maximum absolute atomic E-state index is 5.38. The number of likely N-dealkylation sites (tertiary alicyclic amines) is 1. The summed E-state index contributed by atoms with van der Waals surface area (Å²) in [5.74, 6) is 0. The van der Waals surface area contributed by atoms with E-state index in [1.807, 2.05) is 0 Å². The van der Waals surface area contributed by atoms with Crippen LogP contribution in [0, 0.1) is 5.41 Å². The molecule has 5 fully saturated rings. The fourth-order valence-electron chi connectivity index (χ4n) is 4.96. The Bertz CT molecular complexity index is 319. The molecule has 17 heavy (non-hydrogen) atoms. The average molecular weight is 236 g/mol. The third-order valence-electron chi connectivity index (χ3n) is 5.72. The van der Waals surface area contributed by atoms with Crippen molar-refractivity contribution in [1.29, 1.82) is 0 Å². The molecule has 0 radical (unpaired) electrons. The molecule has 3 aliphatic carbocycles. The molecule has 0 aromatic rings. The van der Waals surface area contributed by atoms with Crippen LogP contribution in [0.1, 0.15) is 39.0 Å². The summed E-state index contributed by atoms with van der Waals surface area (Å²) in [6.45, 7) is 8.06. The highest BCUT2D eigenvalue weighted by Crippen LogP contribution is 2.58. The fraction of sp³-hybridized carbons (Fsp3) is 1.00. The molecule has 0 aromatic carbocycles. The van der Waals surface area contributed by atoms with E-state index in [1.54, 1.807) is 0 Å². The molecule has 0 unspecified atom stereocenters. The molecule has 3 nitrogen and oxygen atoms in total. The third kappa shape index (κ3) is 1.33. The minimum Gasteiger partial charge on any atom is -0.380 e. The van der Waals surface area contributed by atoms with E-state index in [9.17, 15) is 0 Å². The minimum atomic E-state index is 0.520. The van der Waals surface area contributed by atoms with Gasteiger partial charge in [0.15, 0.2) is 0 Å². The van der Waals surface area contributed by atoms with Crippen LogP contribution in [0.3, 0.4) is 0 Å². The van der Waals surface area contributed by atoms with Crippen LogP contribution in [-0.2, 0) is 4.74 Å². The van der Waals surface area contributed by atoms with Gasteiger partial charge in [-0.2, -0.15) is 0 Å². The monoisotopic (exact) mass is 236 g/mol. The zero-order valence-electron chi connectivity index (χ0n) is 10.9. The number of ether oxygens (including phenoxy) is 1. The molecule has 0 atom stereocenters. The van der Waals surface area contributed by atoms with Gasteiger partial charge < -0.3 is 10.1 Å². The Morgan fingerprint density at radius 1 is 1.18 bits per heavy atom. The van der Waals surface area contributed by atoms with Gasteiger partial charge in [-0.3, -0.25) is 4.90 Å². The quantitative estimate of drug-likeness (QED) is 0.801. The second kappa shape index (κ2) is 3.25. The lowest BCUT2D eigenvalue weighted by Gasteiger charge is -2.71. The van der Waals surface area contributed by atoms with Crippen molar-refractivity contribution in [1.82, 2.24) is 10.2 Å². The molecule has 2 aliphatic heterocycles. The lowest BCUT2D eigenvalue weighted by molar-refractivity contribution is -0.242. The van der Waals surface area contributed by atoms with Gasteiger partial charge in [-0.05, 0) is 38.6 Å².